The highest BCUT2D eigenvalue weighted by atomic mass is 19.1. The normalized spacial score (nSPS) is 12.6. The molecule has 0 heterocycles. The highest BCUT2D eigenvalue weighted by Gasteiger charge is 2.28. The molecule has 0 radical (unpaired) electrons. The van der Waals surface area contributed by atoms with Gasteiger partial charge in [0.25, 0.3) is 0 Å². The van der Waals surface area contributed by atoms with Crippen molar-refractivity contribution in [3.63, 3.8) is 0 Å². The summed E-state index contributed by atoms with van der Waals surface area (Å²) < 4.78 is 18.4. The average Bonchev–Trinajstić information content (AvgIpc) is 2.46. The maximum atomic E-state index is 13.0. The molecule has 0 fully saturated rings. The Bertz CT molecular complexity index is 537. The number of benzene rings is 1. The van der Waals surface area contributed by atoms with Crippen LogP contribution in [0.3, 0.4) is 0 Å². The van der Waals surface area contributed by atoms with E-state index in [0.717, 1.165) is 10.6 Å². The third-order valence-corrected chi connectivity index (χ3v) is 3.18. The number of carbonyl (C=O) groups is 2. The molecule has 23 heavy (non-hydrogen) atoms. The van der Waals surface area contributed by atoms with Gasteiger partial charge >= 0.3 is 5.97 Å². The van der Waals surface area contributed by atoms with Gasteiger partial charge in [0.05, 0.1) is 13.0 Å². The summed E-state index contributed by atoms with van der Waals surface area (Å²) >= 11 is 0. The molecule has 0 aromatic heterocycles. The van der Waals surface area contributed by atoms with E-state index < -0.39 is 17.5 Å². The Hall–Kier alpha value is -1.95. The van der Waals surface area contributed by atoms with E-state index in [1.807, 2.05) is 0 Å². The van der Waals surface area contributed by atoms with Crippen LogP contribution in [0.15, 0.2) is 24.3 Å². The van der Waals surface area contributed by atoms with Crippen LogP contribution < -0.4 is 0 Å². The number of amides is 1. The summed E-state index contributed by atoms with van der Waals surface area (Å²) in [7, 11) is 2.85. The predicted octanol–water partition coefficient (Wildman–Crippen LogP) is 2.74. The van der Waals surface area contributed by atoms with Crippen LogP contribution in [0.2, 0.25) is 0 Å². The molecule has 0 N–H and O–H groups in total. The van der Waals surface area contributed by atoms with Crippen LogP contribution in [0.1, 0.15) is 32.8 Å². The van der Waals surface area contributed by atoms with E-state index in [0.29, 0.717) is 6.42 Å². The minimum absolute atomic E-state index is 0.0450. The van der Waals surface area contributed by atoms with Gasteiger partial charge in [0.1, 0.15) is 11.4 Å². The highest BCUT2D eigenvalue weighted by Crippen LogP contribution is 2.19. The second kappa shape index (κ2) is 8.06. The van der Waals surface area contributed by atoms with Crippen LogP contribution in [0, 0.1) is 11.7 Å². The highest BCUT2D eigenvalue weighted by molar-refractivity contribution is 5.82. The molecule has 0 spiro atoms. The number of hydroxylamine groups is 2. The van der Waals surface area contributed by atoms with Gasteiger partial charge in [0.15, 0.2) is 0 Å². The maximum Gasteiger partial charge on any atom is 0.310 e. The minimum atomic E-state index is -0.662. The van der Waals surface area contributed by atoms with Crippen molar-refractivity contribution in [1.82, 2.24) is 5.06 Å². The lowest BCUT2D eigenvalue weighted by atomic mass is 9.95. The van der Waals surface area contributed by atoms with Crippen molar-refractivity contribution in [1.29, 1.82) is 0 Å². The van der Waals surface area contributed by atoms with Crippen molar-refractivity contribution in [2.75, 3.05) is 14.2 Å². The number of halogens is 1. The van der Waals surface area contributed by atoms with Crippen molar-refractivity contribution in [3.8, 4) is 0 Å². The fourth-order valence-electron chi connectivity index (χ4n) is 1.97. The second-order valence-corrected chi connectivity index (χ2v) is 6.34. The Labute approximate surface area is 136 Å². The zero-order chi connectivity index (χ0) is 17.6. The standard InChI is InChI=1S/C17H24FNO4/c1-17(2,3)23-16(21)13(11-15(20)19(4)22-5)10-12-6-8-14(18)9-7-12/h6-9,13H,10-11H2,1-5H3. The molecule has 1 aromatic rings. The van der Waals surface area contributed by atoms with Crippen LogP contribution in [0.4, 0.5) is 4.39 Å². The number of nitrogens with zero attached hydrogens (tertiary/aromatic N) is 1. The SMILES string of the molecule is CON(C)C(=O)CC(Cc1ccc(F)cc1)C(=O)OC(C)(C)C. The number of esters is 1. The number of ether oxygens (including phenoxy) is 1. The van der Waals surface area contributed by atoms with E-state index in [2.05, 4.69) is 0 Å². The molecule has 0 saturated carbocycles. The van der Waals surface area contributed by atoms with Gasteiger partial charge in [-0.15, -0.1) is 0 Å². The monoisotopic (exact) mass is 325 g/mol. The number of hydrogen-bond donors (Lipinski definition) is 0. The summed E-state index contributed by atoms with van der Waals surface area (Å²) in [4.78, 5) is 29.2. The summed E-state index contributed by atoms with van der Waals surface area (Å²) in [6.45, 7) is 5.30. The van der Waals surface area contributed by atoms with Crippen LogP contribution in [0.5, 0.6) is 0 Å². The van der Waals surface area contributed by atoms with Crippen LogP contribution in [-0.4, -0.2) is 36.7 Å². The first-order valence-corrected chi connectivity index (χ1v) is 7.40. The van der Waals surface area contributed by atoms with Crippen LogP contribution >= 0.6 is 0 Å². The molecule has 1 unspecified atom stereocenters. The van der Waals surface area contributed by atoms with E-state index in [1.165, 1.54) is 26.3 Å². The van der Waals surface area contributed by atoms with Gasteiger partial charge < -0.3 is 4.74 Å². The first-order chi connectivity index (χ1) is 10.6. The molecule has 1 atom stereocenters. The third-order valence-electron chi connectivity index (χ3n) is 3.18. The van der Waals surface area contributed by atoms with Gasteiger partial charge in [-0.25, -0.2) is 9.45 Å². The molecule has 1 aromatic carbocycles. The largest absolute Gasteiger partial charge is 0.460 e. The van der Waals surface area contributed by atoms with E-state index >= 15 is 0 Å². The van der Waals surface area contributed by atoms with E-state index in [9.17, 15) is 14.0 Å². The second-order valence-electron chi connectivity index (χ2n) is 6.34. The Morgan fingerprint density at radius 1 is 1.22 bits per heavy atom. The molecule has 0 aliphatic carbocycles. The van der Waals surface area contributed by atoms with Gasteiger partial charge in [0, 0.05) is 13.5 Å². The van der Waals surface area contributed by atoms with Gasteiger partial charge in [-0.05, 0) is 44.9 Å². The van der Waals surface area contributed by atoms with E-state index in [4.69, 9.17) is 9.57 Å². The third kappa shape index (κ3) is 6.78. The molecular weight excluding hydrogens is 301 g/mol. The van der Waals surface area contributed by atoms with Gasteiger partial charge in [-0.3, -0.25) is 14.4 Å². The molecule has 1 rings (SSSR count). The minimum Gasteiger partial charge on any atom is -0.460 e. The van der Waals surface area contributed by atoms with Gasteiger partial charge in [-0.1, -0.05) is 12.1 Å². The van der Waals surface area contributed by atoms with Crippen LogP contribution in [0.25, 0.3) is 0 Å². The van der Waals surface area contributed by atoms with Crippen molar-refractivity contribution in [3.05, 3.63) is 35.6 Å². The number of carbonyl (C=O) groups excluding carboxylic acids is 2. The predicted molar refractivity (Wildman–Crippen MR) is 83.8 cm³/mol. The topological polar surface area (TPSA) is 55.8 Å². The Balaban J connectivity index is 2.89. The summed E-state index contributed by atoms with van der Waals surface area (Å²) in [5, 5.41) is 1.07. The van der Waals surface area contributed by atoms with Crippen molar-refractivity contribution < 1.29 is 23.6 Å². The van der Waals surface area contributed by atoms with E-state index in [-0.39, 0.29) is 18.1 Å². The number of rotatable bonds is 6. The lowest BCUT2D eigenvalue weighted by Crippen LogP contribution is -2.34. The van der Waals surface area contributed by atoms with Crippen LogP contribution in [-0.2, 0) is 25.6 Å². The molecule has 6 heteroatoms. The summed E-state index contributed by atoms with van der Waals surface area (Å²) in [5.41, 5.74) is 0.115. The van der Waals surface area contributed by atoms with E-state index in [1.54, 1.807) is 32.9 Å². The smallest absolute Gasteiger partial charge is 0.310 e. The molecule has 0 aliphatic rings. The first kappa shape index (κ1) is 19.1. The lowest BCUT2D eigenvalue weighted by Gasteiger charge is -2.24. The van der Waals surface area contributed by atoms with Gasteiger partial charge in [-0.2, -0.15) is 0 Å². The Kier molecular flexibility index (Phi) is 6.69. The lowest BCUT2D eigenvalue weighted by molar-refractivity contribution is -0.174. The maximum absolute atomic E-state index is 13.0. The molecule has 128 valence electrons. The molecule has 1 amide bonds. The molecule has 5 nitrogen and oxygen atoms in total. The fraction of sp³-hybridized carbons (Fsp3) is 0.529. The average molecular weight is 325 g/mol. The zero-order valence-electron chi connectivity index (χ0n) is 14.3. The molecule has 0 bridgehead atoms. The summed E-state index contributed by atoms with van der Waals surface area (Å²) in [6.07, 6.45) is 0.245. The number of hydrogen-bond acceptors (Lipinski definition) is 4. The Morgan fingerprint density at radius 2 is 1.78 bits per heavy atom. The van der Waals surface area contributed by atoms with Gasteiger partial charge in [0.2, 0.25) is 5.91 Å². The van der Waals surface area contributed by atoms with Crippen molar-refractivity contribution in [2.45, 2.75) is 39.2 Å². The fourth-order valence-corrected chi connectivity index (χ4v) is 1.97. The van der Waals surface area contributed by atoms with Crippen molar-refractivity contribution in [2.24, 2.45) is 5.92 Å². The first-order valence-electron chi connectivity index (χ1n) is 7.40. The molecule has 0 saturated heterocycles. The van der Waals surface area contributed by atoms with Crippen molar-refractivity contribution >= 4 is 11.9 Å². The summed E-state index contributed by atoms with van der Waals surface area (Å²) in [5.74, 6) is -1.80. The summed E-state index contributed by atoms with van der Waals surface area (Å²) in [6, 6.07) is 5.84. The molecular formula is C17H24FNO4. The Morgan fingerprint density at radius 3 is 2.26 bits per heavy atom. The zero-order valence-corrected chi connectivity index (χ0v) is 14.3. The molecule has 0 aliphatic heterocycles. The quantitative estimate of drug-likeness (QED) is 0.596.